The molecule has 0 aliphatic heterocycles. The van der Waals surface area contributed by atoms with Gasteiger partial charge in [-0.3, -0.25) is 0 Å². The molecule has 0 radical (unpaired) electrons. The highest BCUT2D eigenvalue weighted by molar-refractivity contribution is 6.32. The van der Waals surface area contributed by atoms with Crippen LogP contribution < -0.4 is 29.6 Å². The lowest BCUT2D eigenvalue weighted by Gasteiger charge is -2.27. The van der Waals surface area contributed by atoms with Gasteiger partial charge in [0.2, 0.25) is 0 Å². The summed E-state index contributed by atoms with van der Waals surface area (Å²) in [5.74, 6) is -1.79. The highest BCUT2D eigenvalue weighted by Gasteiger charge is 2.25. The minimum Gasteiger partial charge on any atom is -0.488 e. The Kier molecular flexibility index (Phi) is 17.8. The lowest BCUT2D eigenvalue weighted by Crippen LogP contribution is -2.48. The summed E-state index contributed by atoms with van der Waals surface area (Å²) in [5.41, 5.74) is 5.08. The molecule has 6 aromatic carbocycles. The van der Waals surface area contributed by atoms with Crippen LogP contribution in [0, 0.1) is 37.1 Å². The van der Waals surface area contributed by atoms with E-state index >= 15 is 0 Å². The first-order valence-corrected chi connectivity index (χ1v) is 22.4. The van der Waals surface area contributed by atoms with Crippen molar-refractivity contribution in [1.82, 2.24) is 10.6 Å². The Labute approximate surface area is 403 Å². The summed E-state index contributed by atoms with van der Waals surface area (Å²) in [6.07, 6.45) is 0. The summed E-state index contributed by atoms with van der Waals surface area (Å²) in [5, 5.41) is 46.1. The van der Waals surface area contributed by atoms with Crippen LogP contribution in [0.2, 0.25) is 10.0 Å². The number of aliphatic hydroxyl groups excluding tert-OH is 4. The van der Waals surface area contributed by atoms with Crippen LogP contribution in [0.4, 0.5) is 17.6 Å². The molecule has 6 N–H and O–H groups in total. The summed E-state index contributed by atoms with van der Waals surface area (Å²) >= 11 is 13.5. The van der Waals surface area contributed by atoms with Gasteiger partial charge < -0.3 is 50.0 Å². The van der Waals surface area contributed by atoms with Gasteiger partial charge in [-0.25, -0.2) is 17.6 Å². The monoisotopic (exact) mass is 980 g/mol. The molecule has 0 unspecified atom stereocenters. The molecule has 0 aromatic heterocycles. The minimum atomic E-state index is -1.01. The van der Waals surface area contributed by atoms with Gasteiger partial charge in [-0.1, -0.05) is 59.6 Å². The van der Waals surface area contributed by atoms with E-state index in [1.807, 2.05) is 50.2 Å². The maximum atomic E-state index is 14.0. The van der Waals surface area contributed by atoms with Crippen molar-refractivity contribution < 1.29 is 56.9 Å². The molecule has 0 aliphatic carbocycles. The molecular formula is C52H54Cl2F4N2O8. The molecule has 0 atom stereocenters. The van der Waals surface area contributed by atoms with E-state index in [9.17, 15) is 38.0 Å². The van der Waals surface area contributed by atoms with Crippen LogP contribution in [-0.2, 0) is 39.5 Å². The second-order valence-electron chi connectivity index (χ2n) is 17.1. The summed E-state index contributed by atoms with van der Waals surface area (Å²) in [6.45, 7) is 6.01. The molecule has 68 heavy (non-hydrogen) atoms. The molecule has 6 aromatic rings. The van der Waals surface area contributed by atoms with Crippen molar-refractivity contribution in [3.63, 3.8) is 0 Å². The van der Waals surface area contributed by atoms with Crippen molar-refractivity contribution in [2.24, 2.45) is 0 Å². The quantitative estimate of drug-likeness (QED) is 0.0344. The van der Waals surface area contributed by atoms with Crippen LogP contribution >= 0.6 is 23.2 Å². The van der Waals surface area contributed by atoms with Gasteiger partial charge in [-0.05, 0) is 109 Å². The largest absolute Gasteiger partial charge is 0.488 e. The van der Waals surface area contributed by atoms with E-state index in [0.29, 0.717) is 22.6 Å². The Morgan fingerprint density at radius 1 is 0.456 bits per heavy atom. The number of benzene rings is 6. The van der Waals surface area contributed by atoms with Gasteiger partial charge in [0, 0.05) is 48.5 Å². The zero-order valence-corrected chi connectivity index (χ0v) is 39.5. The molecule has 0 spiro atoms. The molecule has 0 saturated carbocycles. The average Bonchev–Trinajstić information content (AvgIpc) is 3.31. The van der Waals surface area contributed by atoms with E-state index in [1.165, 1.54) is 24.3 Å². The number of halogens is 6. The van der Waals surface area contributed by atoms with Crippen molar-refractivity contribution >= 4 is 23.2 Å². The van der Waals surface area contributed by atoms with Gasteiger partial charge in [-0.2, -0.15) is 0 Å². The summed E-state index contributed by atoms with van der Waals surface area (Å²) in [6, 6.07) is 24.4. The van der Waals surface area contributed by atoms with Crippen LogP contribution in [0.15, 0.2) is 97.1 Å². The highest BCUT2D eigenvalue weighted by atomic mass is 35.5. The molecule has 16 heteroatoms. The fraction of sp³-hybridized carbons (Fsp3) is 0.308. The third-order valence-electron chi connectivity index (χ3n) is 11.6. The van der Waals surface area contributed by atoms with Gasteiger partial charge in [0.1, 0.15) is 72.7 Å². The van der Waals surface area contributed by atoms with Gasteiger partial charge in [0.05, 0.1) is 47.6 Å². The Balaban J connectivity index is 1.21. The second-order valence-corrected chi connectivity index (χ2v) is 17.9. The predicted molar refractivity (Wildman–Crippen MR) is 253 cm³/mol. The number of aliphatic hydroxyl groups is 4. The number of hydrogen-bond acceptors (Lipinski definition) is 10. The predicted octanol–water partition coefficient (Wildman–Crippen LogP) is 9.82. The van der Waals surface area contributed by atoms with Crippen molar-refractivity contribution in [2.75, 3.05) is 26.4 Å². The molecular weight excluding hydrogens is 927 g/mol. The summed E-state index contributed by atoms with van der Waals surface area (Å²) < 4.78 is 80.7. The van der Waals surface area contributed by atoms with Gasteiger partial charge >= 0.3 is 0 Å². The molecule has 0 amide bonds. The van der Waals surface area contributed by atoms with Crippen LogP contribution in [0.3, 0.4) is 0 Å². The van der Waals surface area contributed by atoms with Crippen LogP contribution in [0.5, 0.6) is 23.0 Å². The highest BCUT2D eigenvalue weighted by Crippen LogP contribution is 2.38. The zero-order valence-electron chi connectivity index (χ0n) is 38.0. The van der Waals surface area contributed by atoms with E-state index in [2.05, 4.69) is 10.6 Å². The van der Waals surface area contributed by atoms with E-state index in [0.717, 1.165) is 45.5 Å². The zero-order chi connectivity index (χ0) is 49.2. The Morgan fingerprint density at radius 2 is 0.794 bits per heavy atom. The molecule has 10 nitrogen and oxygen atoms in total. The molecule has 0 fully saturated rings. The summed E-state index contributed by atoms with van der Waals surface area (Å²) in [4.78, 5) is 0. The van der Waals surface area contributed by atoms with Crippen LogP contribution in [0.1, 0.15) is 58.4 Å². The van der Waals surface area contributed by atoms with Crippen LogP contribution in [-0.4, -0.2) is 57.9 Å². The van der Waals surface area contributed by atoms with E-state index in [1.54, 1.807) is 38.1 Å². The smallest absolute Gasteiger partial charge is 0.142 e. The van der Waals surface area contributed by atoms with E-state index < -0.39 is 34.3 Å². The maximum Gasteiger partial charge on any atom is 0.142 e. The second kappa shape index (κ2) is 23.3. The van der Waals surface area contributed by atoms with Crippen molar-refractivity contribution in [3.8, 4) is 34.1 Å². The first-order chi connectivity index (χ1) is 32.4. The fourth-order valence-electron chi connectivity index (χ4n) is 7.14. The Hall–Kier alpha value is -5.42. The van der Waals surface area contributed by atoms with E-state index in [4.69, 9.17) is 42.1 Å². The number of nitrogens with one attached hydrogen (secondary N) is 2. The molecule has 0 heterocycles. The molecule has 362 valence electrons. The van der Waals surface area contributed by atoms with Gasteiger partial charge in [0.15, 0.2) is 0 Å². The number of ether oxygens (including phenoxy) is 4. The van der Waals surface area contributed by atoms with E-state index in [-0.39, 0.29) is 98.6 Å². The van der Waals surface area contributed by atoms with Gasteiger partial charge in [0.25, 0.3) is 0 Å². The topological polar surface area (TPSA) is 142 Å². The lowest BCUT2D eigenvalue weighted by atomic mass is 9.92. The third-order valence-corrected chi connectivity index (χ3v) is 12.2. The van der Waals surface area contributed by atoms with Crippen molar-refractivity contribution in [2.45, 2.75) is 78.3 Å². The molecule has 0 bridgehead atoms. The maximum absolute atomic E-state index is 14.0. The first-order valence-electron chi connectivity index (χ1n) is 21.6. The average molecular weight is 982 g/mol. The van der Waals surface area contributed by atoms with Crippen molar-refractivity contribution in [3.05, 3.63) is 175 Å². The lowest BCUT2D eigenvalue weighted by molar-refractivity contribution is 0.102. The normalized spacial score (nSPS) is 11.8. The fourth-order valence-corrected chi connectivity index (χ4v) is 7.63. The summed E-state index contributed by atoms with van der Waals surface area (Å²) in [7, 11) is 0. The standard InChI is InChI=1S/C52H54Cl2F4N2O8/c1-31-35(25-67-49-19-47(65-23-33-11-39(55)17-40(56)12-33)37(15-45(49)53)21-59-51(3,27-61)28-62)7-5-9-43(31)44-10-6-8-36(32(44)2)26-68-50-20-48(66-24-34-13-41(57)18-42(58)14-34)38(16-46(50)54)22-60-52(4,29-63)30-64/h5-20,59-64H,21-30H2,1-4H3. The molecule has 6 rings (SSSR count). The Bertz CT molecular complexity index is 2480. The van der Waals surface area contributed by atoms with Crippen LogP contribution in [0.25, 0.3) is 11.1 Å². The number of rotatable bonds is 23. The molecule has 0 saturated heterocycles. The molecule has 0 aliphatic rings. The Morgan fingerprint density at radius 3 is 1.13 bits per heavy atom. The first kappa shape index (κ1) is 52.0. The SMILES string of the molecule is Cc1c(COc2cc(OCc3cc(F)cc(F)c3)c(CNC(C)(CO)CO)cc2Cl)cccc1-c1cccc(COc2cc(OCc3cc(F)cc(F)c3)c(CNC(C)(CO)CO)cc2Cl)c1C. The van der Waals surface area contributed by atoms with Gasteiger partial charge in [-0.15, -0.1) is 0 Å². The third kappa shape index (κ3) is 13.4. The van der Waals surface area contributed by atoms with Crippen molar-refractivity contribution in [1.29, 1.82) is 0 Å². The number of hydrogen-bond donors (Lipinski definition) is 6. The minimum absolute atomic E-state index is 0.113.